The van der Waals surface area contributed by atoms with Gasteiger partial charge in [0.25, 0.3) is 0 Å². The maximum Gasteiger partial charge on any atom is 0.343 e. The number of esters is 2. The van der Waals surface area contributed by atoms with Crippen molar-refractivity contribution in [3.8, 4) is 0 Å². The number of rotatable bonds is 3. The predicted octanol–water partition coefficient (Wildman–Crippen LogP) is 5.20. The van der Waals surface area contributed by atoms with E-state index in [1.165, 1.54) is 0 Å². The van der Waals surface area contributed by atoms with Crippen LogP contribution in [0.1, 0.15) is 42.8 Å². The molecule has 2 aromatic rings. The molecule has 1 atom stereocenters. The Hall–Kier alpha value is -2.40. The van der Waals surface area contributed by atoms with Crippen LogP contribution in [0.3, 0.4) is 0 Å². The molecule has 0 bridgehead atoms. The Bertz CT molecular complexity index is 867. The number of cyclic esters (lactones) is 1. The minimum absolute atomic E-state index is 0.313. The average Bonchev–Trinajstić information content (AvgIpc) is 2.63. The number of halogens is 1. The lowest BCUT2D eigenvalue weighted by atomic mass is 9.77. The smallest absolute Gasteiger partial charge is 0.343 e. The van der Waals surface area contributed by atoms with Crippen molar-refractivity contribution in [1.82, 2.24) is 0 Å². The average molecular weight is 415 g/mol. The fraction of sp³-hybridized carbons (Fsp3) is 0.238. The largest absolute Gasteiger partial charge is 0.453 e. The van der Waals surface area contributed by atoms with Gasteiger partial charge in [-0.25, -0.2) is 9.59 Å². The Balaban J connectivity index is 1.97. The van der Waals surface area contributed by atoms with E-state index in [2.05, 4.69) is 15.9 Å². The van der Waals surface area contributed by atoms with Gasteiger partial charge in [0.1, 0.15) is 11.9 Å². The molecule has 0 spiro atoms. The molecule has 0 aliphatic carbocycles. The lowest BCUT2D eigenvalue weighted by molar-refractivity contribution is -0.155. The van der Waals surface area contributed by atoms with Crippen LogP contribution >= 0.6 is 15.9 Å². The molecule has 4 nitrogen and oxygen atoms in total. The third kappa shape index (κ3) is 3.44. The van der Waals surface area contributed by atoms with Crippen molar-refractivity contribution in [3.63, 3.8) is 0 Å². The number of carbonyl (C=O) groups is 2. The summed E-state index contributed by atoms with van der Waals surface area (Å²) >= 11 is 3.40. The van der Waals surface area contributed by atoms with Crippen molar-refractivity contribution < 1.29 is 19.1 Å². The molecule has 1 aliphatic heterocycles. The molecule has 0 aromatic heterocycles. The summed E-state index contributed by atoms with van der Waals surface area (Å²) in [5.74, 6) is -0.624. The first-order chi connectivity index (χ1) is 12.3. The first kappa shape index (κ1) is 18.4. The van der Waals surface area contributed by atoms with Gasteiger partial charge in [-0.1, -0.05) is 46.3 Å². The summed E-state index contributed by atoms with van der Waals surface area (Å²) in [5.41, 5.74) is 0.888. The highest BCUT2D eigenvalue weighted by atomic mass is 79.9. The monoisotopic (exact) mass is 414 g/mol. The number of benzene rings is 2. The molecule has 1 heterocycles. The molecule has 0 saturated heterocycles. The molecule has 2 aromatic carbocycles. The van der Waals surface area contributed by atoms with Gasteiger partial charge in [0.05, 0.1) is 16.6 Å². The van der Waals surface area contributed by atoms with Crippen LogP contribution in [0, 0.1) is 5.41 Å². The quantitative estimate of drug-likeness (QED) is 0.647. The van der Waals surface area contributed by atoms with Gasteiger partial charge in [0, 0.05) is 4.47 Å². The van der Waals surface area contributed by atoms with Crippen LogP contribution in [0.25, 0.3) is 0 Å². The van der Waals surface area contributed by atoms with Gasteiger partial charge in [-0.05, 0) is 50.6 Å². The highest BCUT2D eigenvalue weighted by Crippen LogP contribution is 2.48. The summed E-state index contributed by atoms with van der Waals surface area (Å²) in [4.78, 5) is 24.9. The topological polar surface area (TPSA) is 52.6 Å². The van der Waals surface area contributed by atoms with Crippen molar-refractivity contribution in [2.24, 2.45) is 5.41 Å². The predicted molar refractivity (Wildman–Crippen MR) is 101 cm³/mol. The molecule has 0 radical (unpaired) electrons. The van der Waals surface area contributed by atoms with Crippen LogP contribution in [-0.2, 0) is 14.3 Å². The molecule has 0 saturated carbocycles. The molecule has 1 aliphatic rings. The molecule has 3 rings (SSSR count). The first-order valence-corrected chi connectivity index (χ1v) is 9.05. The Labute approximate surface area is 160 Å². The van der Waals surface area contributed by atoms with Crippen molar-refractivity contribution in [3.05, 3.63) is 81.5 Å². The Morgan fingerprint density at radius 1 is 1.08 bits per heavy atom. The van der Waals surface area contributed by atoms with E-state index in [9.17, 15) is 9.59 Å². The zero-order valence-electron chi connectivity index (χ0n) is 14.8. The number of carbonyl (C=O) groups excluding carboxylic acids is 2. The third-order valence-corrected chi connectivity index (χ3v) is 5.02. The van der Waals surface area contributed by atoms with E-state index in [4.69, 9.17) is 9.47 Å². The number of hydrogen-bond donors (Lipinski definition) is 0. The second-order valence-electron chi connectivity index (χ2n) is 6.77. The van der Waals surface area contributed by atoms with Crippen molar-refractivity contribution in [1.29, 1.82) is 0 Å². The highest BCUT2D eigenvalue weighted by Gasteiger charge is 2.46. The fourth-order valence-electron chi connectivity index (χ4n) is 3.09. The maximum absolute atomic E-state index is 12.5. The van der Waals surface area contributed by atoms with E-state index < -0.39 is 23.5 Å². The summed E-state index contributed by atoms with van der Waals surface area (Å²) in [5, 5.41) is 0. The second kappa shape index (κ2) is 7.08. The standard InChI is InChI=1S/C21H19BrO4/c1-13-17(25-20(24)15-7-5-4-6-8-15)21(2,3)18(26-19(13)23)14-9-11-16(22)12-10-14/h4-12,18H,1-3H3/t18-/m1/s1. The molecular weight excluding hydrogens is 396 g/mol. The van der Waals surface area contributed by atoms with Gasteiger partial charge >= 0.3 is 11.9 Å². The van der Waals surface area contributed by atoms with Crippen LogP contribution in [-0.4, -0.2) is 11.9 Å². The summed E-state index contributed by atoms with van der Waals surface area (Å²) in [6.07, 6.45) is -0.551. The summed E-state index contributed by atoms with van der Waals surface area (Å²) in [7, 11) is 0. The van der Waals surface area contributed by atoms with E-state index in [0.29, 0.717) is 16.9 Å². The lowest BCUT2D eigenvalue weighted by Crippen LogP contribution is -2.37. The van der Waals surface area contributed by atoms with Gasteiger partial charge in [0.15, 0.2) is 0 Å². The maximum atomic E-state index is 12.5. The van der Waals surface area contributed by atoms with Gasteiger partial charge < -0.3 is 9.47 Å². The minimum atomic E-state index is -0.698. The van der Waals surface area contributed by atoms with Crippen LogP contribution < -0.4 is 0 Å². The summed E-state index contributed by atoms with van der Waals surface area (Å²) in [6, 6.07) is 16.3. The highest BCUT2D eigenvalue weighted by molar-refractivity contribution is 9.10. The van der Waals surface area contributed by atoms with E-state index in [-0.39, 0.29) is 0 Å². The molecule has 0 amide bonds. The Morgan fingerprint density at radius 3 is 2.31 bits per heavy atom. The van der Waals surface area contributed by atoms with Gasteiger partial charge in [-0.2, -0.15) is 0 Å². The molecule has 26 heavy (non-hydrogen) atoms. The molecule has 0 unspecified atom stereocenters. The van der Waals surface area contributed by atoms with Gasteiger partial charge in [0.2, 0.25) is 0 Å². The summed E-state index contributed by atoms with van der Waals surface area (Å²) in [6.45, 7) is 5.43. The van der Waals surface area contributed by atoms with E-state index in [1.54, 1.807) is 31.2 Å². The van der Waals surface area contributed by atoms with Gasteiger partial charge in [-0.3, -0.25) is 0 Å². The van der Waals surface area contributed by atoms with Gasteiger partial charge in [-0.15, -0.1) is 0 Å². The molecule has 5 heteroatoms. The SMILES string of the molecule is CC1=C(OC(=O)c2ccccc2)C(C)(C)[C@@H](c2ccc(Br)cc2)OC1=O. The first-order valence-electron chi connectivity index (χ1n) is 8.25. The normalized spacial score (nSPS) is 19.1. The second-order valence-corrected chi connectivity index (χ2v) is 7.68. The minimum Gasteiger partial charge on any atom is -0.453 e. The van der Waals surface area contributed by atoms with Crippen LogP contribution in [0.5, 0.6) is 0 Å². The molecule has 0 N–H and O–H groups in total. The zero-order chi connectivity index (χ0) is 18.9. The van der Waals surface area contributed by atoms with Crippen LogP contribution in [0.15, 0.2) is 70.4 Å². The van der Waals surface area contributed by atoms with Crippen molar-refractivity contribution >= 4 is 27.9 Å². The lowest BCUT2D eigenvalue weighted by Gasteiger charge is -2.39. The molecule has 134 valence electrons. The zero-order valence-corrected chi connectivity index (χ0v) is 16.4. The Kier molecular flexibility index (Phi) is 5.01. The Morgan fingerprint density at radius 2 is 1.69 bits per heavy atom. The summed E-state index contributed by atoms with van der Waals surface area (Å²) < 4.78 is 12.3. The van der Waals surface area contributed by atoms with Crippen molar-refractivity contribution in [2.45, 2.75) is 26.9 Å². The number of hydrogen-bond acceptors (Lipinski definition) is 4. The van der Waals surface area contributed by atoms with E-state index >= 15 is 0 Å². The third-order valence-electron chi connectivity index (χ3n) is 4.49. The van der Waals surface area contributed by atoms with E-state index in [1.807, 2.05) is 44.2 Å². The molecule has 0 fully saturated rings. The van der Waals surface area contributed by atoms with E-state index in [0.717, 1.165) is 10.0 Å². The van der Waals surface area contributed by atoms with Crippen LogP contribution in [0.2, 0.25) is 0 Å². The van der Waals surface area contributed by atoms with Crippen LogP contribution in [0.4, 0.5) is 0 Å². The fourth-order valence-corrected chi connectivity index (χ4v) is 3.36. The number of ether oxygens (including phenoxy) is 2. The van der Waals surface area contributed by atoms with Crippen molar-refractivity contribution in [2.75, 3.05) is 0 Å². The molecular formula is C21H19BrO4.